The van der Waals surface area contributed by atoms with Gasteiger partial charge in [0.1, 0.15) is 18.1 Å². The van der Waals surface area contributed by atoms with Crippen LogP contribution < -0.4 is 19.2 Å². The van der Waals surface area contributed by atoms with Crippen molar-refractivity contribution in [3.05, 3.63) is 36.7 Å². The van der Waals surface area contributed by atoms with Crippen LogP contribution in [0.2, 0.25) is 0 Å². The standard InChI is InChI=1S/C23H32N7O/c1-6-30(4,5)23-22(24-9-10-25-23)28-11-12-29(19(15-28)16-31)21-13-17-7-8-18(27(2)3)14-20(17)26-21/h7-10,13-14,16,19,26H,6,11-12,15H2,1-5H3/q+1. The molecule has 3 heterocycles. The van der Waals surface area contributed by atoms with E-state index in [1.165, 1.54) is 0 Å². The molecule has 1 atom stereocenters. The Labute approximate surface area is 183 Å². The van der Waals surface area contributed by atoms with Gasteiger partial charge in [0.25, 0.3) is 5.82 Å². The number of H-pyrrole nitrogens is 1. The molecule has 31 heavy (non-hydrogen) atoms. The first-order valence-corrected chi connectivity index (χ1v) is 10.8. The van der Waals surface area contributed by atoms with Crippen LogP contribution in [0.1, 0.15) is 6.92 Å². The van der Waals surface area contributed by atoms with Crippen molar-refractivity contribution < 1.29 is 4.79 Å². The summed E-state index contributed by atoms with van der Waals surface area (Å²) in [5, 5.41) is 1.14. The van der Waals surface area contributed by atoms with E-state index in [1.807, 2.05) is 14.1 Å². The van der Waals surface area contributed by atoms with E-state index in [-0.39, 0.29) is 6.04 Å². The first kappa shape index (κ1) is 21.1. The van der Waals surface area contributed by atoms with Crippen molar-refractivity contribution in [2.24, 2.45) is 0 Å². The highest BCUT2D eigenvalue weighted by Crippen LogP contribution is 2.31. The lowest BCUT2D eigenvalue weighted by Crippen LogP contribution is -2.55. The normalized spacial score (nSPS) is 17.3. The average Bonchev–Trinajstić information content (AvgIpc) is 3.21. The van der Waals surface area contributed by atoms with E-state index in [9.17, 15) is 4.79 Å². The van der Waals surface area contributed by atoms with Gasteiger partial charge in [0.15, 0.2) is 0 Å². The molecule has 0 bridgehead atoms. The number of anilines is 3. The topological polar surface area (TPSA) is 68.4 Å². The molecule has 2 aromatic heterocycles. The Hall–Kier alpha value is -3.13. The fourth-order valence-electron chi connectivity index (χ4n) is 4.07. The van der Waals surface area contributed by atoms with Gasteiger partial charge in [-0.1, -0.05) is 6.07 Å². The van der Waals surface area contributed by atoms with Gasteiger partial charge in [0, 0.05) is 56.5 Å². The molecule has 4 rings (SSSR count). The minimum absolute atomic E-state index is 0.262. The zero-order valence-corrected chi connectivity index (χ0v) is 19.0. The molecular formula is C23H32N7O+. The largest absolute Gasteiger partial charge is 0.378 e. The number of benzene rings is 1. The first-order chi connectivity index (χ1) is 14.8. The third-order valence-electron chi connectivity index (χ3n) is 6.32. The quantitative estimate of drug-likeness (QED) is 0.486. The fourth-order valence-corrected chi connectivity index (χ4v) is 4.07. The number of aldehydes is 1. The zero-order chi connectivity index (χ0) is 22.2. The maximum absolute atomic E-state index is 12.1. The van der Waals surface area contributed by atoms with Crippen LogP contribution in [-0.2, 0) is 4.79 Å². The lowest BCUT2D eigenvalue weighted by Gasteiger charge is -2.41. The summed E-state index contributed by atoms with van der Waals surface area (Å²) in [7, 11) is 8.33. The van der Waals surface area contributed by atoms with Crippen LogP contribution in [0.5, 0.6) is 0 Å². The summed E-state index contributed by atoms with van der Waals surface area (Å²) < 4.78 is 0.644. The molecule has 1 fully saturated rings. The number of fused-ring (bicyclic) bond motifs is 1. The highest BCUT2D eigenvalue weighted by atomic mass is 16.1. The molecule has 0 amide bonds. The van der Waals surface area contributed by atoms with E-state index in [1.54, 1.807) is 12.4 Å². The minimum Gasteiger partial charge on any atom is -0.378 e. The summed E-state index contributed by atoms with van der Waals surface area (Å²) in [6.45, 7) is 5.14. The van der Waals surface area contributed by atoms with Crippen molar-refractivity contribution in [1.82, 2.24) is 19.4 Å². The molecule has 0 radical (unpaired) electrons. The molecule has 1 aliphatic heterocycles. The van der Waals surface area contributed by atoms with Gasteiger partial charge in [0.2, 0.25) is 5.82 Å². The molecule has 164 valence electrons. The van der Waals surface area contributed by atoms with Crippen LogP contribution in [0.15, 0.2) is 36.7 Å². The molecule has 8 nitrogen and oxygen atoms in total. The Balaban J connectivity index is 1.61. The second kappa shape index (κ2) is 8.19. The monoisotopic (exact) mass is 422 g/mol. The number of carbonyl (C=O) groups is 1. The Morgan fingerprint density at radius 2 is 1.97 bits per heavy atom. The second-order valence-electron chi connectivity index (χ2n) is 8.87. The van der Waals surface area contributed by atoms with Crippen LogP contribution in [-0.4, -0.2) is 81.6 Å². The van der Waals surface area contributed by atoms with Crippen LogP contribution in [0, 0.1) is 0 Å². The van der Waals surface area contributed by atoms with E-state index >= 15 is 0 Å². The third kappa shape index (κ3) is 3.95. The molecule has 1 saturated heterocycles. The van der Waals surface area contributed by atoms with Crippen LogP contribution in [0.25, 0.3) is 10.9 Å². The lowest BCUT2D eigenvalue weighted by molar-refractivity contribution is -0.109. The number of nitrogens with zero attached hydrogens (tertiary/aromatic N) is 6. The fraction of sp³-hybridized carbons (Fsp3) is 0.435. The average molecular weight is 423 g/mol. The minimum atomic E-state index is -0.262. The maximum atomic E-state index is 12.1. The third-order valence-corrected chi connectivity index (χ3v) is 6.32. The number of nitrogens with one attached hydrogen (secondary N) is 1. The number of hydrogen-bond donors (Lipinski definition) is 1. The molecule has 0 aliphatic carbocycles. The zero-order valence-electron chi connectivity index (χ0n) is 19.0. The summed E-state index contributed by atoms with van der Waals surface area (Å²) in [6.07, 6.45) is 4.52. The number of carbonyl (C=O) groups excluding carboxylic acids is 1. The predicted molar refractivity (Wildman–Crippen MR) is 128 cm³/mol. The van der Waals surface area contributed by atoms with E-state index in [4.69, 9.17) is 0 Å². The summed E-state index contributed by atoms with van der Waals surface area (Å²) in [5.74, 6) is 2.78. The second-order valence-corrected chi connectivity index (χ2v) is 8.87. The molecule has 1 aliphatic rings. The van der Waals surface area contributed by atoms with E-state index < -0.39 is 0 Å². The van der Waals surface area contributed by atoms with Crippen molar-refractivity contribution in [1.29, 1.82) is 0 Å². The van der Waals surface area contributed by atoms with Gasteiger partial charge in [0.05, 0.1) is 26.8 Å². The van der Waals surface area contributed by atoms with Crippen molar-refractivity contribution in [3.8, 4) is 0 Å². The molecule has 1 unspecified atom stereocenters. The number of rotatable bonds is 6. The number of aromatic amines is 1. The molecule has 1 aromatic carbocycles. The van der Waals surface area contributed by atoms with Crippen LogP contribution >= 0.6 is 0 Å². The highest BCUT2D eigenvalue weighted by Gasteiger charge is 2.33. The first-order valence-electron chi connectivity index (χ1n) is 10.8. The van der Waals surface area contributed by atoms with Crippen molar-refractivity contribution in [2.45, 2.75) is 13.0 Å². The SMILES string of the molecule is CC[N+](C)(C)c1nccnc1N1CCN(c2cc3ccc(N(C)C)cc3[nH]2)C(C=O)C1. The predicted octanol–water partition coefficient (Wildman–Crippen LogP) is 2.50. The summed E-state index contributed by atoms with van der Waals surface area (Å²) in [5.41, 5.74) is 2.22. The molecule has 0 saturated carbocycles. The van der Waals surface area contributed by atoms with Gasteiger partial charge in [-0.15, -0.1) is 0 Å². The summed E-state index contributed by atoms with van der Waals surface area (Å²) >= 11 is 0. The summed E-state index contributed by atoms with van der Waals surface area (Å²) in [6, 6.07) is 8.24. The smallest absolute Gasteiger partial charge is 0.270 e. The number of piperazine rings is 1. The molecule has 8 heteroatoms. The molecule has 0 spiro atoms. The Kier molecular flexibility index (Phi) is 5.58. The van der Waals surface area contributed by atoms with Crippen molar-refractivity contribution in [3.63, 3.8) is 0 Å². The van der Waals surface area contributed by atoms with Crippen molar-refractivity contribution >= 4 is 40.3 Å². The van der Waals surface area contributed by atoms with Gasteiger partial charge in [-0.2, -0.15) is 4.98 Å². The Morgan fingerprint density at radius 1 is 1.19 bits per heavy atom. The van der Waals surface area contributed by atoms with Crippen LogP contribution in [0.3, 0.4) is 0 Å². The molecular weight excluding hydrogens is 390 g/mol. The van der Waals surface area contributed by atoms with Crippen molar-refractivity contribution in [2.75, 3.05) is 69.1 Å². The number of aromatic nitrogens is 3. The van der Waals surface area contributed by atoms with E-state index in [0.29, 0.717) is 11.0 Å². The van der Waals surface area contributed by atoms with Crippen LogP contribution in [0.4, 0.5) is 23.1 Å². The maximum Gasteiger partial charge on any atom is 0.270 e. The Morgan fingerprint density at radius 3 is 2.68 bits per heavy atom. The molecule has 3 aromatic rings. The van der Waals surface area contributed by atoms with Gasteiger partial charge in [-0.05, 0) is 25.1 Å². The van der Waals surface area contributed by atoms with Gasteiger partial charge >= 0.3 is 0 Å². The number of hydrogen-bond acceptors (Lipinski definition) is 6. The van der Waals surface area contributed by atoms with Gasteiger partial charge in [-0.25, -0.2) is 4.98 Å². The van der Waals surface area contributed by atoms with Gasteiger partial charge < -0.3 is 24.5 Å². The Bertz CT molecular complexity index is 1070. The lowest BCUT2D eigenvalue weighted by atomic mass is 10.1. The molecule has 1 N–H and O–H groups in total. The van der Waals surface area contributed by atoms with E-state index in [0.717, 1.165) is 60.0 Å². The number of quaternary nitrogens is 1. The summed E-state index contributed by atoms with van der Waals surface area (Å²) in [4.78, 5) is 31.3. The highest BCUT2D eigenvalue weighted by molar-refractivity contribution is 5.87. The van der Waals surface area contributed by atoms with Gasteiger partial charge in [-0.3, -0.25) is 4.48 Å². The van der Waals surface area contributed by atoms with E-state index in [2.05, 4.69) is 74.9 Å².